The Kier molecular flexibility index (Phi) is 3.99. The van der Waals surface area contributed by atoms with Gasteiger partial charge < -0.3 is 15.1 Å². The van der Waals surface area contributed by atoms with Gasteiger partial charge >= 0.3 is 6.03 Å². The summed E-state index contributed by atoms with van der Waals surface area (Å²) in [5, 5.41) is 5.33. The number of rotatable bonds is 4. The fourth-order valence-electron chi connectivity index (χ4n) is 2.80. The summed E-state index contributed by atoms with van der Waals surface area (Å²) in [5.74, 6) is -0.454. The highest BCUT2D eigenvalue weighted by Gasteiger charge is 2.47. The first-order valence-corrected chi connectivity index (χ1v) is 6.95. The Morgan fingerprint density at radius 2 is 2.15 bits per heavy atom. The molecule has 0 aromatic carbocycles. The van der Waals surface area contributed by atoms with Gasteiger partial charge in [-0.3, -0.25) is 14.9 Å². The zero-order valence-corrected chi connectivity index (χ0v) is 12.2. The Hall–Kier alpha value is -1.63. The predicted molar refractivity (Wildman–Crippen MR) is 73.0 cm³/mol. The van der Waals surface area contributed by atoms with Gasteiger partial charge in [0.25, 0.3) is 5.91 Å². The van der Waals surface area contributed by atoms with Crippen molar-refractivity contribution in [1.82, 2.24) is 20.4 Å². The summed E-state index contributed by atoms with van der Waals surface area (Å²) in [6, 6.07) is -0.310. The Labute approximate surface area is 118 Å². The molecule has 4 amide bonds. The number of hydrogen-bond donors (Lipinski definition) is 2. The molecular formula is C13H22N4O3. The van der Waals surface area contributed by atoms with E-state index in [1.54, 1.807) is 13.8 Å². The molecule has 112 valence electrons. The normalized spacial score (nSPS) is 25.2. The minimum atomic E-state index is -0.967. The molecule has 0 aliphatic carbocycles. The number of likely N-dealkylation sites (N-methyl/N-ethyl adjacent to an activating group) is 1. The molecule has 0 saturated carbocycles. The van der Waals surface area contributed by atoms with E-state index in [1.807, 2.05) is 11.9 Å². The van der Waals surface area contributed by atoms with Crippen LogP contribution in [0.1, 0.15) is 26.7 Å². The van der Waals surface area contributed by atoms with Crippen LogP contribution in [-0.4, -0.2) is 65.9 Å². The lowest BCUT2D eigenvalue weighted by atomic mass is 10.0. The maximum absolute atomic E-state index is 12.4. The molecule has 2 aliphatic heterocycles. The minimum Gasteiger partial charge on any atom is -0.337 e. The van der Waals surface area contributed by atoms with E-state index >= 15 is 0 Å². The lowest BCUT2D eigenvalue weighted by molar-refractivity contribution is -0.134. The Morgan fingerprint density at radius 3 is 2.70 bits per heavy atom. The van der Waals surface area contributed by atoms with E-state index in [-0.39, 0.29) is 24.4 Å². The first-order chi connectivity index (χ1) is 9.37. The molecule has 0 spiro atoms. The van der Waals surface area contributed by atoms with Gasteiger partial charge in [0.05, 0.1) is 0 Å². The lowest BCUT2D eigenvalue weighted by Crippen LogP contribution is -2.51. The number of hydrogen-bond acceptors (Lipinski definition) is 4. The van der Waals surface area contributed by atoms with Crippen LogP contribution in [-0.2, 0) is 9.59 Å². The molecule has 7 heteroatoms. The fraction of sp³-hybridized carbons (Fsp3) is 0.769. The smallest absolute Gasteiger partial charge is 0.325 e. The average Bonchev–Trinajstić information content (AvgIpc) is 2.89. The summed E-state index contributed by atoms with van der Waals surface area (Å²) < 4.78 is 0. The Bertz CT molecular complexity index is 435. The monoisotopic (exact) mass is 282 g/mol. The predicted octanol–water partition coefficient (Wildman–Crippen LogP) is -0.473. The Morgan fingerprint density at radius 1 is 1.45 bits per heavy atom. The molecule has 2 rings (SSSR count). The van der Waals surface area contributed by atoms with E-state index in [9.17, 15) is 14.4 Å². The molecule has 2 aliphatic rings. The number of carbonyl (C=O) groups is 3. The molecule has 0 radical (unpaired) electrons. The highest BCUT2D eigenvalue weighted by Crippen LogP contribution is 2.22. The minimum absolute atomic E-state index is 0.0508. The molecule has 1 atom stereocenters. The number of nitrogens with zero attached hydrogens (tertiary/aromatic N) is 2. The van der Waals surface area contributed by atoms with E-state index in [2.05, 4.69) is 10.6 Å². The second kappa shape index (κ2) is 5.40. The van der Waals surface area contributed by atoms with E-state index in [4.69, 9.17) is 0 Å². The van der Waals surface area contributed by atoms with Gasteiger partial charge in [0.15, 0.2) is 0 Å². The first kappa shape index (κ1) is 14.8. The summed E-state index contributed by atoms with van der Waals surface area (Å²) in [4.78, 5) is 39.0. The third-order valence-electron chi connectivity index (χ3n) is 4.13. The first-order valence-electron chi connectivity index (χ1n) is 6.95. The maximum atomic E-state index is 12.4. The summed E-state index contributed by atoms with van der Waals surface area (Å²) in [5.41, 5.74) is -0.967. The van der Waals surface area contributed by atoms with Gasteiger partial charge in [-0.25, -0.2) is 4.79 Å². The van der Waals surface area contributed by atoms with E-state index < -0.39 is 11.6 Å². The van der Waals surface area contributed by atoms with Crippen molar-refractivity contribution in [2.24, 2.45) is 0 Å². The number of likely N-dealkylation sites (tertiary alicyclic amines) is 1. The highest BCUT2D eigenvalue weighted by molar-refractivity contribution is 6.07. The van der Waals surface area contributed by atoms with Gasteiger partial charge in [-0.15, -0.1) is 0 Å². The van der Waals surface area contributed by atoms with E-state index in [0.717, 1.165) is 25.9 Å². The van der Waals surface area contributed by atoms with Crippen molar-refractivity contribution in [3.8, 4) is 0 Å². The largest absolute Gasteiger partial charge is 0.337 e. The second-order valence-corrected chi connectivity index (χ2v) is 5.85. The van der Waals surface area contributed by atoms with Gasteiger partial charge in [0.2, 0.25) is 5.91 Å². The molecule has 0 aromatic rings. The van der Waals surface area contributed by atoms with Gasteiger partial charge in [-0.1, -0.05) is 0 Å². The molecular weight excluding hydrogens is 260 g/mol. The molecule has 1 unspecified atom stereocenters. The average molecular weight is 282 g/mol. The van der Waals surface area contributed by atoms with E-state index in [0.29, 0.717) is 0 Å². The van der Waals surface area contributed by atoms with Crippen LogP contribution in [0.5, 0.6) is 0 Å². The van der Waals surface area contributed by atoms with Crippen LogP contribution in [0, 0.1) is 0 Å². The lowest BCUT2D eigenvalue weighted by Gasteiger charge is -2.31. The molecule has 2 heterocycles. The van der Waals surface area contributed by atoms with E-state index in [1.165, 1.54) is 4.90 Å². The third kappa shape index (κ3) is 2.49. The van der Waals surface area contributed by atoms with Gasteiger partial charge in [-0.2, -0.15) is 0 Å². The number of nitrogens with one attached hydrogen (secondary N) is 2. The quantitative estimate of drug-likeness (QED) is 0.683. The molecule has 2 N–H and O–H groups in total. The molecule has 7 nitrogen and oxygen atoms in total. The molecule has 0 aromatic heterocycles. The maximum Gasteiger partial charge on any atom is 0.325 e. The number of carbonyl (C=O) groups excluding carboxylic acids is 3. The number of imide groups is 1. The standard InChI is InChI=1S/C13H22N4O3/c1-13(2)11(19)15-12(20)17(13)8-10(18)16-6-4-5-9(16)7-14-3/h9,14H,4-8H2,1-3H3,(H,15,19,20). The zero-order chi connectivity index (χ0) is 14.9. The highest BCUT2D eigenvalue weighted by atomic mass is 16.2. The summed E-state index contributed by atoms with van der Waals surface area (Å²) in [6.07, 6.45) is 1.95. The topological polar surface area (TPSA) is 81.8 Å². The fourth-order valence-corrected chi connectivity index (χ4v) is 2.80. The summed E-state index contributed by atoms with van der Waals surface area (Å²) in [6.45, 7) is 4.71. The van der Waals surface area contributed by atoms with Crippen molar-refractivity contribution in [1.29, 1.82) is 0 Å². The molecule has 2 saturated heterocycles. The van der Waals surface area contributed by atoms with Crippen LogP contribution in [0.3, 0.4) is 0 Å². The van der Waals surface area contributed by atoms with Crippen LogP contribution in [0.2, 0.25) is 0 Å². The third-order valence-corrected chi connectivity index (χ3v) is 4.13. The number of urea groups is 1. The van der Waals surface area contributed by atoms with Gasteiger partial charge in [-0.05, 0) is 33.7 Å². The van der Waals surface area contributed by atoms with Crippen molar-refractivity contribution < 1.29 is 14.4 Å². The van der Waals surface area contributed by atoms with Crippen molar-refractivity contribution in [3.05, 3.63) is 0 Å². The molecule has 0 bridgehead atoms. The van der Waals surface area contributed by atoms with Gasteiger partial charge in [0.1, 0.15) is 12.1 Å². The van der Waals surface area contributed by atoms with Crippen molar-refractivity contribution in [2.45, 2.75) is 38.3 Å². The van der Waals surface area contributed by atoms with Crippen LogP contribution in [0.4, 0.5) is 4.79 Å². The van der Waals surface area contributed by atoms with Crippen LogP contribution in [0.25, 0.3) is 0 Å². The zero-order valence-electron chi connectivity index (χ0n) is 12.2. The van der Waals surface area contributed by atoms with Crippen molar-refractivity contribution >= 4 is 17.8 Å². The summed E-state index contributed by atoms with van der Waals surface area (Å²) in [7, 11) is 1.86. The molecule has 20 heavy (non-hydrogen) atoms. The molecule has 2 fully saturated rings. The van der Waals surface area contributed by atoms with Crippen molar-refractivity contribution in [2.75, 3.05) is 26.7 Å². The van der Waals surface area contributed by atoms with Gasteiger partial charge in [0, 0.05) is 19.1 Å². The second-order valence-electron chi connectivity index (χ2n) is 5.85. The van der Waals surface area contributed by atoms with Crippen LogP contribution < -0.4 is 10.6 Å². The SMILES string of the molecule is CNCC1CCCN1C(=O)CN1C(=O)NC(=O)C1(C)C. The van der Waals surface area contributed by atoms with Crippen LogP contribution in [0.15, 0.2) is 0 Å². The van der Waals surface area contributed by atoms with Crippen molar-refractivity contribution in [3.63, 3.8) is 0 Å². The van der Waals surface area contributed by atoms with Crippen LogP contribution >= 0.6 is 0 Å². The number of amides is 4. The Balaban J connectivity index is 2.04. The summed E-state index contributed by atoms with van der Waals surface area (Å²) >= 11 is 0.